The van der Waals surface area contributed by atoms with Crippen LogP contribution < -0.4 is 0 Å². The van der Waals surface area contributed by atoms with Crippen LogP contribution in [0.3, 0.4) is 0 Å². The maximum absolute atomic E-state index is 11.3. The number of pyridine rings is 1. The second-order valence-electron chi connectivity index (χ2n) is 3.43. The highest BCUT2D eigenvalue weighted by Gasteiger charge is 2.27. The van der Waals surface area contributed by atoms with Crippen LogP contribution >= 0.6 is 11.6 Å². The molecule has 0 bridgehead atoms. The van der Waals surface area contributed by atoms with Gasteiger partial charge in [-0.25, -0.2) is 0 Å². The number of Topliss-reactive ketones (excluding diaryl/α,β-unsaturated/α-hetero) is 1. The number of aromatic nitrogens is 1. The molecule has 0 atom stereocenters. The first-order valence-corrected chi connectivity index (χ1v) is 4.93. The maximum Gasteiger partial charge on any atom is 0.230 e. The number of likely N-dealkylation sites (tertiary alicyclic amines) is 1. The van der Waals surface area contributed by atoms with E-state index in [1.54, 1.807) is 18.3 Å². The van der Waals surface area contributed by atoms with E-state index in [4.69, 9.17) is 11.6 Å². The van der Waals surface area contributed by atoms with Gasteiger partial charge in [-0.05, 0) is 12.1 Å². The summed E-state index contributed by atoms with van der Waals surface area (Å²) in [5.74, 6) is -0.177. The molecular formula is C10H9ClN2O2. The molecule has 15 heavy (non-hydrogen) atoms. The summed E-state index contributed by atoms with van der Waals surface area (Å²) in [7, 11) is 0. The lowest BCUT2D eigenvalue weighted by Crippen LogP contribution is -2.25. The predicted octanol–water partition coefficient (Wildman–Crippen LogP) is 1.04. The van der Waals surface area contributed by atoms with Crippen LogP contribution in [0.15, 0.2) is 18.3 Å². The molecule has 0 aromatic carbocycles. The van der Waals surface area contributed by atoms with Gasteiger partial charge in [0.25, 0.3) is 0 Å². The lowest BCUT2D eigenvalue weighted by Gasteiger charge is -2.13. The maximum atomic E-state index is 11.3. The van der Waals surface area contributed by atoms with Crippen molar-refractivity contribution in [2.45, 2.75) is 13.0 Å². The molecule has 2 heterocycles. The van der Waals surface area contributed by atoms with Gasteiger partial charge in [0, 0.05) is 11.2 Å². The average Bonchev–Trinajstić information content (AvgIpc) is 2.45. The number of ketones is 1. The first-order valence-electron chi connectivity index (χ1n) is 4.55. The Morgan fingerprint density at radius 1 is 1.47 bits per heavy atom. The SMILES string of the molecule is O=C1CC(=O)N(Cc2cc(Cl)ccn2)C1. The summed E-state index contributed by atoms with van der Waals surface area (Å²) in [5, 5.41) is 0.581. The predicted molar refractivity (Wildman–Crippen MR) is 54.3 cm³/mol. The van der Waals surface area contributed by atoms with E-state index in [2.05, 4.69) is 4.98 Å². The van der Waals surface area contributed by atoms with Gasteiger partial charge < -0.3 is 4.90 Å². The topological polar surface area (TPSA) is 50.3 Å². The largest absolute Gasteiger partial charge is 0.329 e. The van der Waals surface area contributed by atoms with Gasteiger partial charge in [0.05, 0.1) is 25.2 Å². The zero-order chi connectivity index (χ0) is 10.8. The summed E-state index contributed by atoms with van der Waals surface area (Å²) < 4.78 is 0. The molecule has 1 aromatic heterocycles. The van der Waals surface area contributed by atoms with Crippen molar-refractivity contribution in [3.8, 4) is 0 Å². The molecule has 1 saturated heterocycles. The summed E-state index contributed by atoms with van der Waals surface area (Å²) in [4.78, 5) is 27.9. The molecular weight excluding hydrogens is 216 g/mol. The third-order valence-electron chi connectivity index (χ3n) is 2.20. The third kappa shape index (κ3) is 2.33. The smallest absolute Gasteiger partial charge is 0.230 e. The van der Waals surface area contributed by atoms with Crippen LogP contribution in [0.4, 0.5) is 0 Å². The second kappa shape index (κ2) is 3.98. The molecule has 1 fully saturated rings. The van der Waals surface area contributed by atoms with E-state index in [0.29, 0.717) is 17.3 Å². The van der Waals surface area contributed by atoms with Gasteiger partial charge in [0.15, 0.2) is 5.78 Å². The Morgan fingerprint density at radius 2 is 2.27 bits per heavy atom. The first kappa shape index (κ1) is 10.1. The molecule has 0 spiro atoms. The standard InChI is InChI=1S/C10H9ClN2O2/c11-7-1-2-12-8(3-7)5-13-6-9(14)4-10(13)15/h1-3H,4-6H2. The Labute approximate surface area is 91.9 Å². The van der Waals surface area contributed by atoms with Gasteiger partial charge in [0.1, 0.15) is 0 Å². The molecule has 1 aromatic rings. The number of hydrogen-bond acceptors (Lipinski definition) is 3. The van der Waals surface area contributed by atoms with Crippen molar-refractivity contribution in [2.24, 2.45) is 0 Å². The molecule has 0 N–H and O–H groups in total. The lowest BCUT2D eigenvalue weighted by molar-refractivity contribution is -0.128. The molecule has 4 nitrogen and oxygen atoms in total. The van der Waals surface area contributed by atoms with E-state index in [1.165, 1.54) is 4.90 Å². The zero-order valence-corrected chi connectivity index (χ0v) is 8.70. The number of amides is 1. The average molecular weight is 225 g/mol. The van der Waals surface area contributed by atoms with Crippen molar-refractivity contribution in [1.29, 1.82) is 0 Å². The quantitative estimate of drug-likeness (QED) is 0.706. The Kier molecular flexibility index (Phi) is 2.68. The minimum absolute atomic E-state index is 0.0145. The van der Waals surface area contributed by atoms with Crippen molar-refractivity contribution in [2.75, 3.05) is 6.54 Å². The summed E-state index contributed by atoms with van der Waals surface area (Å²) in [6, 6.07) is 3.36. The second-order valence-corrected chi connectivity index (χ2v) is 3.87. The molecule has 2 rings (SSSR count). The van der Waals surface area contributed by atoms with E-state index in [9.17, 15) is 9.59 Å². The summed E-state index contributed by atoms with van der Waals surface area (Å²) >= 11 is 5.78. The molecule has 0 aliphatic carbocycles. The van der Waals surface area contributed by atoms with Gasteiger partial charge in [-0.15, -0.1) is 0 Å². The Bertz CT molecular complexity index is 420. The van der Waals surface area contributed by atoms with E-state index in [-0.39, 0.29) is 24.7 Å². The van der Waals surface area contributed by atoms with Gasteiger partial charge in [-0.1, -0.05) is 11.6 Å². The minimum Gasteiger partial charge on any atom is -0.329 e. The fourth-order valence-electron chi connectivity index (χ4n) is 1.51. The highest BCUT2D eigenvalue weighted by molar-refractivity contribution is 6.30. The number of hydrogen-bond donors (Lipinski definition) is 0. The molecule has 1 amide bonds. The van der Waals surface area contributed by atoms with E-state index < -0.39 is 0 Å². The molecule has 5 heteroatoms. The van der Waals surface area contributed by atoms with Gasteiger partial charge in [-0.2, -0.15) is 0 Å². The Balaban J connectivity index is 2.09. The highest BCUT2D eigenvalue weighted by Crippen LogP contribution is 2.13. The normalized spacial score (nSPS) is 16.2. The number of carbonyl (C=O) groups excluding carboxylic acids is 2. The van der Waals surface area contributed by atoms with E-state index in [0.717, 1.165) is 0 Å². The van der Waals surface area contributed by atoms with Gasteiger partial charge in [-0.3, -0.25) is 14.6 Å². The van der Waals surface area contributed by atoms with Crippen molar-refractivity contribution >= 4 is 23.3 Å². The molecule has 1 aliphatic rings. The molecule has 0 saturated carbocycles. The highest BCUT2D eigenvalue weighted by atomic mass is 35.5. The fourth-order valence-corrected chi connectivity index (χ4v) is 1.69. The molecule has 0 radical (unpaired) electrons. The third-order valence-corrected chi connectivity index (χ3v) is 2.43. The van der Waals surface area contributed by atoms with E-state index >= 15 is 0 Å². The minimum atomic E-state index is -0.137. The van der Waals surface area contributed by atoms with E-state index in [1.807, 2.05) is 0 Å². The lowest BCUT2D eigenvalue weighted by atomic mass is 10.3. The number of carbonyl (C=O) groups is 2. The Morgan fingerprint density at radius 3 is 2.87 bits per heavy atom. The zero-order valence-electron chi connectivity index (χ0n) is 7.94. The van der Waals surface area contributed by atoms with Crippen LogP contribution in [0, 0.1) is 0 Å². The molecule has 0 unspecified atom stereocenters. The fraction of sp³-hybridized carbons (Fsp3) is 0.300. The van der Waals surface area contributed by atoms with Crippen molar-refractivity contribution in [3.05, 3.63) is 29.0 Å². The van der Waals surface area contributed by atoms with Gasteiger partial charge >= 0.3 is 0 Å². The van der Waals surface area contributed by atoms with Crippen LogP contribution in [-0.2, 0) is 16.1 Å². The molecule has 78 valence electrons. The number of rotatable bonds is 2. The summed E-state index contributed by atoms with van der Waals surface area (Å²) in [5.41, 5.74) is 0.700. The van der Waals surface area contributed by atoms with Crippen molar-refractivity contribution in [1.82, 2.24) is 9.88 Å². The van der Waals surface area contributed by atoms with Crippen LogP contribution in [0.25, 0.3) is 0 Å². The van der Waals surface area contributed by atoms with Crippen LogP contribution in [-0.4, -0.2) is 28.1 Å². The number of halogens is 1. The van der Waals surface area contributed by atoms with Crippen LogP contribution in [0.5, 0.6) is 0 Å². The van der Waals surface area contributed by atoms with Gasteiger partial charge in [0.2, 0.25) is 5.91 Å². The first-order chi connectivity index (χ1) is 7.15. The summed E-state index contributed by atoms with van der Waals surface area (Å²) in [6.45, 7) is 0.540. The summed E-state index contributed by atoms with van der Waals surface area (Å²) in [6.07, 6.45) is 1.60. The molecule has 1 aliphatic heterocycles. The van der Waals surface area contributed by atoms with Crippen molar-refractivity contribution in [3.63, 3.8) is 0 Å². The van der Waals surface area contributed by atoms with Crippen LogP contribution in [0.2, 0.25) is 5.02 Å². The monoisotopic (exact) mass is 224 g/mol. The Hall–Kier alpha value is -1.42. The number of nitrogens with zero attached hydrogens (tertiary/aromatic N) is 2. The van der Waals surface area contributed by atoms with Crippen molar-refractivity contribution < 1.29 is 9.59 Å². The van der Waals surface area contributed by atoms with Crippen LogP contribution in [0.1, 0.15) is 12.1 Å².